The number of hydrogen-bond acceptors (Lipinski definition) is 3. The highest BCUT2D eigenvalue weighted by molar-refractivity contribution is 5.67. The molecule has 0 aromatic carbocycles. The lowest BCUT2D eigenvalue weighted by Gasteiger charge is -2.13. The number of furan rings is 1. The zero-order chi connectivity index (χ0) is 11.4. The Balaban J connectivity index is 2.48. The van der Waals surface area contributed by atoms with Gasteiger partial charge in [0.15, 0.2) is 0 Å². The van der Waals surface area contributed by atoms with Crippen LogP contribution in [0.4, 0.5) is 4.79 Å². The molecule has 4 nitrogen and oxygen atoms in total. The lowest BCUT2D eigenvalue weighted by molar-refractivity contribution is 0.112. The normalized spacial score (nSPS) is 12.6. The quantitative estimate of drug-likeness (QED) is 0.836. The van der Waals surface area contributed by atoms with Gasteiger partial charge in [-0.15, -0.1) is 0 Å². The average Bonchev–Trinajstić information content (AvgIpc) is 2.49. The molecule has 1 unspecified atom stereocenters. The molecule has 0 spiro atoms. The molecule has 0 saturated heterocycles. The van der Waals surface area contributed by atoms with Gasteiger partial charge in [-0.3, -0.25) is 0 Å². The fourth-order valence-electron chi connectivity index (χ4n) is 1.18. The Bertz CT molecular complexity index is 330. The highest BCUT2D eigenvalue weighted by Gasteiger charge is 2.13. The van der Waals surface area contributed by atoms with E-state index in [-0.39, 0.29) is 12.1 Å². The van der Waals surface area contributed by atoms with Crippen LogP contribution >= 0.6 is 0 Å². The van der Waals surface area contributed by atoms with E-state index in [9.17, 15) is 4.79 Å². The number of aryl methyl sites for hydroxylation is 1. The fraction of sp³-hybridized carbons (Fsp3) is 0.545. The highest BCUT2D eigenvalue weighted by Crippen LogP contribution is 2.15. The summed E-state index contributed by atoms with van der Waals surface area (Å²) in [6, 6.07) is 3.53. The van der Waals surface area contributed by atoms with E-state index >= 15 is 0 Å². The van der Waals surface area contributed by atoms with Gasteiger partial charge in [-0.25, -0.2) is 4.79 Å². The van der Waals surface area contributed by atoms with Crippen molar-refractivity contribution >= 4 is 6.09 Å². The molecule has 0 saturated carbocycles. The van der Waals surface area contributed by atoms with Gasteiger partial charge >= 0.3 is 6.09 Å². The fourth-order valence-corrected chi connectivity index (χ4v) is 1.18. The Morgan fingerprint density at radius 3 is 2.53 bits per heavy atom. The van der Waals surface area contributed by atoms with Crippen LogP contribution in [0.15, 0.2) is 16.5 Å². The van der Waals surface area contributed by atoms with Gasteiger partial charge < -0.3 is 14.5 Å². The van der Waals surface area contributed by atoms with E-state index in [1.165, 1.54) is 0 Å². The molecule has 0 aliphatic heterocycles. The zero-order valence-corrected chi connectivity index (χ0v) is 9.53. The first kappa shape index (κ1) is 11.6. The van der Waals surface area contributed by atoms with Crippen LogP contribution in [-0.4, -0.2) is 12.2 Å². The topological polar surface area (TPSA) is 51.5 Å². The van der Waals surface area contributed by atoms with Gasteiger partial charge in [0.2, 0.25) is 0 Å². The molecule has 0 aliphatic carbocycles. The molecule has 0 aliphatic rings. The SMILES string of the molecule is Cc1ccc(C(C)NC(=O)OC(C)C)o1. The maximum atomic E-state index is 11.3. The number of ether oxygens (including phenoxy) is 1. The summed E-state index contributed by atoms with van der Waals surface area (Å²) >= 11 is 0. The predicted molar refractivity (Wildman–Crippen MR) is 56.6 cm³/mol. The van der Waals surface area contributed by atoms with Crippen molar-refractivity contribution in [2.75, 3.05) is 0 Å². The second-order valence-electron chi connectivity index (χ2n) is 3.77. The number of nitrogens with one attached hydrogen (secondary N) is 1. The summed E-state index contributed by atoms with van der Waals surface area (Å²) in [4.78, 5) is 11.3. The largest absolute Gasteiger partial charge is 0.464 e. The Hall–Kier alpha value is -1.45. The standard InChI is InChI=1S/C11H17NO3/c1-7(2)14-11(13)12-9(4)10-6-5-8(3)15-10/h5-7,9H,1-4H3,(H,12,13). The first-order chi connectivity index (χ1) is 6.99. The van der Waals surface area contributed by atoms with Crippen LogP contribution in [0.25, 0.3) is 0 Å². The highest BCUT2D eigenvalue weighted by atomic mass is 16.6. The van der Waals surface area contributed by atoms with Crippen molar-refractivity contribution in [3.8, 4) is 0 Å². The predicted octanol–water partition coefficient (Wildman–Crippen LogP) is 2.78. The zero-order valence-electron chi connectivity index (χ0n) is 9.53. The average molecular weight is 211 g/mol. The third-order valence-electron chi connectivity index (χ3n) is 1.87. The molecule has 0 fully saturated rings. The van der Waals surface area contributed by atoms with Crippen LogP contribution in [0.3, 0.4) is 0 Å². The molecule has 1 amide bonds. The molecule has 1 rings (SSSR count). The van der Waals surface area contributed by atoms with Gasteiger partial charge in [0.1, 0.15) is 11.5 Å². The first-order valence-corrected chi connectivity index (χ1v) is 5.02. The number of hydrogen-bond donors (Lipinski definition) is 1. The van der Waals surface area contributed by atoms with Crippen LogP contribution in [-0.2, 0) is 4.74 Å². The lowest BCUT2D eigenvalue weighted by Crippen LogP contribution is -2.29. The van der Waals surface area contributed by atoms with E-state index in [0.717, 1.165) is 11.5 Å². The second kappa shape index (κ2) is 4.87. The minimum atomic E-state index is -0.424. The summed E-state index contributed by atoms with van der Waals surface area (Å²) in [6.45, 7) is 7.32. The molecule has 1 atom stereocenters. The van der Waals surface area contributed by atoms with Crippen molar-refractivity contribution in [3.05, 3.63) is 23.7 Å². The molecule has 1 aromatic heterocycles. The van der Waals surface area contributed by atoms with E-state index in [1.807, 2.05) is 26.0 Å². The molecule has 84 valence electrons. The molecule has 0 radical (unpaired) electrons. The van der Waals surface area contributed by atoms with Gasteiger partial charge in [0, 0.05) is 0 Å². The summed E-state index contributed by atoms with van der Waals surface area (Å²) in [6.07, 6.45) is -0.540. The second-order valence-corrected chi connectivity index (χ2v) is 3.77. The van der Waals surface area contributed by atoms with Gasteiger partial charge in [-0.05, 0) is 39.8 Å². The van der Waals surface area contributed by atoms with Crippen molar-refractivity contribution < 1.29 is 13.9 Å². The lowest BCUT2D eigenvalue weighted by atomic mass is 10.2. The van der Waals surface area contributed by atoms with E-state index < -0.39 is 6.09 Å². The number of carbonyl (C=O) groups excluding carboxylic acids is 1. The van der Waals surface area contributed by atoms with E-state index in [2.05, 4.69) is 5.32 Å². The molecule has 1 N–H and O–H groups in total. The molecular formula is C11H17NO3. The Morgan fingerprint density at radius 2 is 2.07 bits per heavy atom. The van der Waals surface area contributed by atoms with Gasteiger partial charge in [-0.2, -0.15) is 0 Å². The third-order valence-corrected chi connectivity index (χ3v) is 1.87. The Labute approximate surface area is 89.6 Å². The Morgan fingerprint density at radius 1 is 1.40 bits per heavy atom. The van der Waals surface area contributed by atoms with Gasteiger partial charge in [0.25, 0.3) is 0 Å². The maximum Gasteiger partial charge on any atom is 0.407 e. The Kier molecular flexibility index (Phi) is 3.77. The number of rotatable bonds is 3. The molecule has 0 bridgehead atoms. The van der Waals surface area contributed by atoms with Crippen LogP contribution in [0.1, 0.15) is 38.3 Å². The molecular weight excluding hydrogens is 194 g/mol. The van der Waals surface area contributed by atoms with Gasteiger partial charge in [0.05, 0.1) is 12.1 Å². The minimum absolute atomic E-state index is 0.115. The monoisotopic (exact) mass is 211 g/mol. The minimum Gasteiger partial charge on any atom is -0.464 e. The molecule has 15 heavy (non-hydrogen) atoms. The summed E-state index contributed by atoms with van der Waals surface area (Å²) < 4.78 is 10.3. The van der Waals surface area contributed by atoms with E-state index in [0.29, 0.717) is 0 Å². The summed E-state index contributed by atoms with van der Waals surface area (Å²) in [5, 5.41) is 2.69. The third kappa shape index (κ3) is 3.65. The van der Waals surface area contributed by atoms with Crippen LogP contribution < -0.4 is 5.32 Å². The van der Waals surface area contributed by atoms with Crippen molar-refractivity contribution in [2.45, 2.75) is 39.8 Å². The number of amides is 1. The van der Waals surface area contributed by atoms with Crippen LogP contribution in [0, 0.1) is 6.92 Å². The van der Waals surface area contributed by atoms with Crippen molar-refractivity contribution in [3.63, 3.8) is 0 Å². The number of alkyl carbamates (subject to hydrolysis) is 1. The van der Waals surface area contributed by atoms with Crippen molar-refractivity contribution in [2.24, 2.45) is 0 Å². The van der Waals surface area contributed by atoms with E-state index in [4.69, 9.17) is 9.15 Å². The molecule has 1 heterocycles. The van der Waals surface area contributed by atoms with Crippen molar-refractivity contribution in [1.29, 1.82) is 0 Å². The molecule has 1 aromatic rings. The van der Waals surface area contributed by atoms with Crippen LogP contribution in [0.5, 0.6) is 0 Å². The van der Waals surface area contributed by atoms with Gasteiger partial charge in [-0.1, -0.05) is 0 Å². The van der Waals surface area contributed by atoms with Crippen molar-refractivity contribution in [1.82, 2.24) is 5.32 Å². The number of carbonyl (C=O) groups is 1. The summed E-state index contributed by atoms with van der Waals surface area (Å²) in [7, 11) is 0. The molecule has 4 heteroatoms. The van der Waals surface area contributed by atoms with Crippen LogP contribution in [0.2, 0.25) is 0 Å². The van der Waals surface area contributed by atoms with E-state index in [1.54, 1.807) is 13.8 Å². The summed E-state index contributed by atoms with van der Waals surface area (Å²) in [5.74, 6) is 1.56. The summed E-state index contributed by atoms with van der Waals surface area (Å²) in [5.41, 5.74) is 0. The maximum absolute atomic E-state index is 11.3. The smallest absolute Gasteiger partial charge is 0.407 e. The first-order valence-electron chi connectivity index (χ1n) is 5.02.